The summed E-state index contributed by atoms with van der Waals surface area (Å²) in [6.45, 7) is 1.66. The molecule has 2 amide bonds. The molecular formula is C23H24ClN5O4S. The molecule has 0 radical (unpaired) electrons. The van der Waals surface area contributed by atoms with E-state index in [1.807, 2.05) is 7.05 Å². The van der Waals surface area contributed by atoms with Crippen LogP contribution in [0.5, 0.6) is 0 Å². The molecule has 1 aliphatic heterocycles. The molecule has 0 bridgehead atoms. The predicted molar refractivity (Wildman–Crippen MR) is 128 cm³/mol. The first-order valence-electron chi connectivity index (χ1n) is 11.1. The Morgan fingerprint density at radius 2 is 1.91 bits per heavy atom. The Bertz CT molecular complexity index is 1290. The van der Waals surface area contributed by atoms with E-state index in [1.165, 1.54) is 11.3 Å². The second-order valence-electron chi connectivity index (χ2n) is 8.96. The van der Waals surface area contributed by atoms with E-state index in [0.29, 0.717) is 15.7 Å². The van der Waals surface area contributed by atoms with Gasteiger partial charge in [-0.25, -0.2) is 4.98 Å². The number of amides is 2. The number of rotatable bonds is 5. The van der Waals surface area contributed by atoms with Crippen LogP contribution in [-0.2, 0) is 17.8 Å². The van der Waals surface area contributed by atoms with E-state index < -0.39 is 24.0 Å². The molecule has 3 atom stereocenters. The molecule has 4 N–H and O–H groups in total. The van der Waals surface area contributed by atoms with E-state index >= 15 is 0 Å². The number of thiazole rings is 1. The number of nitrogens with one attached hydrogen (secondary N) is 3. The van der Waals surface area contributed by atoms with Gasteiger partial charge in [-0.15, -0.1) is 11.3 Å². The van der Waals surface area contributed by atoms with Gasteiger partial charge in [0.25, 0.3) is 11.8 Å². The first kappa shape index (κ1) is 22.8. The average Bonchev–Trinajstić information content (AvgIpc) is 3.50. The van der Waals surface area contributed by atoms with Gasteiger partial charge in [-0.2, -0.15) is 0 Å². The first-order valence-corrected chi connectivity index (χ1v) is 12.3. The minimum atomic E-state index is -0.941. The summed E-state index contributed by atoms with van der Waals surface area (Å²) in [6.07, 6.45) is 1.27. The van der Waals surface area contributed by atoms with Crippen molar-refractivity contribution < 1.29 is 19.5 Å². The zero-order chi connectivity index (χ0) is 24.0. The monoisotopic (exact) mass is 501 g/mol. The Balaban J connectivity index is 1.31. The number of nitrogens with zero attached hydrogens (tertiary/aromatic N) is 2. The molecule has 0 spiro atoms. The van der Waals surface area contributed by atoms with Crippen LogP contribution in [0.2, 0.25) is 5.02 Å². The quantitative estimate of drug-likeness (QED) is 0.425. The molecule has 9 nitrogen and oxygen atoms in total. The lowest BCUT2D eigenvalue weighted by Crippen LogP contribution is -2.48. The van der Waals surface area contributed by atoms with E-state index in [1.54, 1.807) is 24.3 Å². The number of likely N-dealkylation sites (N-methyl/N-ethyl adjacent to an activating group) is 1. The Hall–Kier alpha value is -2.95. The number of hydrogen-bond acceptors (Lipinski definition) is 6. The van der Waals surface area contributed by atoms with Crippen LogP contribution in [0.15, 0.2) is 24.3 Å². The third-order valence-corrected chi connectivity index (χ3v) is 7.80. The van der Waals surface area contributed by atoms with E-state index in [2.05, 4.69) is 25.5 Å². The highest BCUT2D eigenvalue weighted by Crippen LogP contribution is 2.29. The summed E-state index contributed by atoms with van der Waals surface area (Å²) < 4.78 is 0. The number of H-pyrrole nitrogens is 1. The number of halogens is 1. The van der Waals surface area contributed by atoms with Crippen LogP contribution in [0, 0.1) is 5.92 Å². The molecule has 3 heterocycles. The van der Waals surface area contributed by atoms with Crippen LogP contribution in [0.1, 0.15) is 43.7 Å². The zero-order valence-electron chi connectivity index (χ0n) is 18.4. The maximum atomic E-state index is 13.0. The summed E-state index contributed by atoms with van der Waals surface area (Å²) in [6, 6.07) is 5.95. The number of benzene rings is 1. The van der Waals surface area contributed by atoms with Gasteiger partial charge >= 0.3 is 5.97 Å². The highest BCUT2D eigenvalue weighted by Gasteiger charge is 2.40. The van der Waals surface area contributed by atoms with Crippen molar-refractivity contribution in [1.82, 2.24) is 25.5 Å². The number of fused-ring (bicyclic) bond motifs is 2. The molecule has 2 aliphatic rings. The summed E-state index contributed by atoms with van der Waals surface area (Å²) in [5.74, 6) is -2.30. The molecule has 0 saturated heterocycles. The molecule has 1 aromatic carbocycles. The van der Waals surface area contributed by atoms with Gasteiger partial charge in [0.15, 0.2) is 5.01 Å². The molecule has 1 saturated carbocycles. The minimum absolute atomic E-state index is 0.233. The van der Waals surface area contributed by atoms with Crippen LogP contribution in [0.25, 0.3) is 10.9 Å². The van der Waals surface area contributed by atoms with E-state index in [-0.39, 0.29) is 24.7 Å². The molecule has 3 aromatic rings. The lowest BCUT2D eigenvalue weighted by molar-refractivity contribution is -0.141. The van der Waals surface area contributed by atoms with Crippen LogP contribution in [0.4, 0.5) is 0 Å². The smallest absolute Gasteiger partial charge is 0.306 e. The van der Waals surface area contributed by atoms with Crippen molar-refractivity contribution in [1.29, 1.82) is 0 Å². The molecule has 1 aliphatic carbocycles. The fourth-order valence-corrected chi connectivity index (χ4v) is 5.95. The van der Waals surface area contributed by atoms with Gasteiger partial charge in [-0.05, 0) is 44.2 Å². The number of carbonyl (C=O) groups is 3. The third-order valence-electron chi connectivity index (χ3n) is 6.49. The third kappa shape index (κ3) is 4.53. The van der Waals surface area contributed by atoms with Gasteiger partial charge in [0, 0.05) is 40.3 Å². The number of carbonyl (C=O) groups excluding carboxylic acids is 2. The van der Waals surface area contributed by atoms with E-state index in [0.717, 1.165) is 41.0 Å². The molecule has 178 valence electrons. The van der Waals surface area contributed by atoms with Crippen LogP contribution >= 0.6 is 22.9 Å². The minimum Gasteiger partial charge on any atom is -0.481 e. The maximum Gasteiger partial charge on any atom is 0.306 e. The average molecular weight is 502 g/mol. The first-order chi connectivity index (χ1) is 16.3. The summed E-state index contributed by atoms with van der Waals surface area (Å²) in [5.41, 5.74) is 2.07. The van der Waals surface area contributed by atoms with Gasteiger partial charge in [-0.1, -0.05) is 11.6 Å². The van der Waals surface area contributed by atoms with Crippen molar-refractivity contribution in [2.75, 3.05) is 13.6 Å². The fraction of sp³-hybridized carbons (Fsp3) is 0.391. The highest BCUT2D eigenvalue weighted by molar-refractivity contribution is 7.13. The van der Waals surface area contributed by atoms with Crippen LogP contribution in [-0.4, -0.2) is 63.4 Å². The molecular weight excluding hydrogens is 478 g/mol. The van der Waals surface area contributed by atoms with Gasteiger partial charge in [0.2, 0.25) is 0 Å². The normalized spacial score (nSPS) is 22.5. The topological polar surface area (TPSA) is 127 Å². The number of aliphatic carboxylic acids is 1. The number of hydrogen-bond donors (Lipinski definition) is 4. The zero-order valence-corrected chi connectivity index (χ0v) is 20.0. The van der Waals surface area contributed by atoms with Crippen LogP contribution < -0.4 is 10.6 Å². The molecule has 1 unspecified atom stereocenters. The molecule has 34 heavy (non-hydrogen) atoms. The SMILES string of the molecule is CN1CCc2nc(C(=O)N[C@@H]3CC(C(=O)O)C[C@H]3NC(=O)c3cc4cc(Cl)ccc4[nH]3)sc2C1. The second kappa shape index (κ2) is 9.01. The van der Waals surface area contributed by atoms with Gasteiger partial charge in [-0.3, -0.25) is 14.4 Å². The Kier molecular flexibility index (Phi) is 6.05. The van der Waals surface area contributed by atoms with E-state index in [4.69, 9.17) is 11.6 Å². The number of aromatic amines is 1. The standard InChI is InChI=1S/C23H24ClN5O4S/c1-29-5-4-15-19(10-29)34-22(28-15)21(31)27-17-9-12(23(32)33)8-16(17)26-20(30)18-7-11-6-13(24)2-3-14(11)25-18/h2-3,6-7,12,16-17,25H,4-5,8-10H2,1H3,(H,26,30)(H,27,31)(H,32,33)/t12?,16-,17-/m1/s1. The molecule has 1 fully saturated rings. The van der Waals surface area contributed by atoms with Crippen LogP contribution in [0.3, 0.4) is 0 Å². The van der Waals surface area contributed by atoms with Crippen molar-refractivity contribution >= 4 is 51.6 Å². The fourth-order valence-electron chi connectivity index (χ4n) is 4.68. The lowest BCUT2D eigenvalue weighted by Gasteiger charge is -2.21. The largest absolute Gasteiger partial charge is 0.481 e. The summed E-state index contributed by atoms with van der Waals surface area (Å²) in [5, 5.41) is 17.1. The Morgan fingerprint density at radius 3 is 2.65 bits per heavy atom. The number of carboxylic acid groups (broad SMARTS) is 1. The summed E-state index contributed by atoms with van der Waals surface area (Å²) >= 11 is 7.40. The van der Waals surface area contributed by atoms with Crippen molar-refractivity contribution in [3.63, 3.8) is 0 Å². The van der Waals surface area contributed by atoms with Crippen molar-refractivity contribution in [2.45, 2.75) is 37.9 Å². The Morgan fingerprint density at radius 1 is 1.18 bits per heavy atom. The lowest BCUT2D eigenvalue weighted by atomic mass is 10.1. The summed E-state index contributed by atoms with van der Waals surface area (Å²) in [7, 11) is 2.03. The molecule has 2 aromatic heterocycles. The van der Waals surface area contributed by atoms with Crippen molar-refractivity contribution in [3.05, 3.63) is 50.6 Å². The number of carboxylic acids is 1. The highest BCUT2D eigenvalue weighted by atomic mass is 35.5. The van der Waals surface area contributed by atoms with Crippen molar-refractivity contribution in [3.8, 4) is 0 Å². The second-order valence-corrected chi connectivity index (χ2v) is 10.5. The summed E-state index contributed by atoms with van der Waals surface area (Å²) in [4.78, 5) is 48.4. The molecule has 5 rings (SSSR count). The predicted octanol–water partition coefficient (Wildman–Crippen LogP) is 2.66. The Labute approximate surface area is 204 Å². The van der Waals surface area contributed by atoms with Gasteiger partial charge in [0.1, 0.15) is 5.69 Å². The van der Waals surface area contributed by atoms with Crippen molar-refractivity contribution in [2.24, 2.45) is 5.92 Å². The van der Waals surface area contributed by atoms with E-state index in [9.17, 15) is 19.5 Å². The maximum absolute atomic E-state index is 13.0. The van der Waals surface area contributed by atoms with Gasteiger partial charge in [0.05, 0.1) is 23.7 Å². The molecule has 11 heteroatoms. The number of aromatic nitrogens is 2. The van der Waals surface area contributed by atoms with Gasteiger partial charge < -0.3 is 25.6 Å².